The highest BCUT2D eigenvalue weighted by Crippen LogP contribution is 2.39. The van der Waals surface area contributed by atoms with Crippen LogP contribution in [0.3, 0.4) is 0 Å². The average molecular weight is 251 g/mol. The van der Waals surface area contributed by atoms with Crippen molar-refractivity contribution in [3.63, 3.8) is 0 Å². The molecule has 1 aliphatic rings. The van der Waals surface area contributed by atoms with Crippen molar-refractivity contribution in [3.8, 4) is 0 Å². The summed E-state index contributed by atoms with van der Waals surface area (Å²) in [4.78, 5) is 12.5. The number of carbonyl (C=O) groups excluding carboxylic acids is 1. The van der Waals surface area contributed by atoms with E-state index in [4.69, 9.17) is 0 Å². The molecule has 1 amide bonds. The predicted octanol–water partition coefficient (Wildman–Crippen LogP) is 1.20. The van der Waals surface area contributed by atoms with E-state index in [0.29, 0.717) is 15.9 Å². The van der Waals surface area contributed by atoms with Gasteiger partial charge in [-0.1, -0.05) is 11.3 Å². The summed E-state index contributed by atoms with van der Waals surface area (Å²) in [6.45, 7) is 3.85. The summed E-state index contributed by atoms with van der Waals surface area (Å²) < 4.78 is 1.71. The molecule has 2 aromatic heterocycles. The largest absolute Gasteiger partial charge is 0.348 e. The number of rotatable bonds is 3. The van der Waals surface area contributed by atoms with Gasteiger partial charge < -0.3 is 5.32 Å². The van der Waals surface area contributed by atoms with Crippen LogP contribution in [-0.4, -0.2) is 31.8 Å². The fourth-order valence-corrected chi connectivity index (χ4v) is 2.39. The molecule has 0 atom stereocenters. The van der Waals surface area contributed by atoms with E-state index in [2.05, 4.69) is 20.6 Å². The lowest BCUT2D eigenvalue weighted by atomic mass is 10.4. The lowest BCUT2D eigenvalue weighted by Crippen LogP contribution is -2.30. The Morgan fingerprint density at radius 2 is 2.24 bits per heavy atom. The maximum Gasteiger partial charge on any atom is 0.282 e. The van der Waals surface area contributed by atoms with Gasteiger partial charge in [-0.2, -0.15) is 4.52 Å². The zero-order valence-corrected chi connectivity index (χ0v) is 10.5. The number of hydrogen-bond acceptors (Lipinski definition) is 5. The third kappa shape index (κ3) is 1.90. The second-order valence-corrected chi connectivity index (χ2v) is 5.52. The van der Waals surface area contributed by atoms with Gasteiger partial charge in [0.2, 0.25) is 9.97 Å². The third-order valence-electron chi connectivity index (χ3n) is 2.57. The van der Waals surface area contributed by atoms with Crippen LogP contribution in [0.25, 0.3) is 4.96 Å². The van der Waals surface area contributed by atoms with Crippen LogP contribution in [0.15, 0.2) is 0 Å². The number of nitrogens with one attached hydrogen (secondary N) is 1. The van der Waals surface area contributed by atoms with E-state index in [1.165, 1.54) is 11.3 Å². The van der Waals surface area contributed by atoms with E-state index in [-0.39, 0.29) is 11.9 Å². The van der Waals surface area contributed by atoms with Crippen molar-refractivity contribution in [1.82, 2.24) is 25.1 Å². The van der Waals surface area contributed by atoms with Gasteiger partial charge in [0.15, 0.2) is 5.82 Å². The van der Waals surface area contributed by atoms with Crippen molar-refractivity contribution in [2.75, 3.05) is 0 Å². The Kier molecular flexibility index (Phi) is 2.36. The Morgan fingerprint density at radius 1 is 1.47 bits per heavy atom. The van der Waals surface area contributed by atoms with E-state index in [9.17, 15) is 4.79 Å². The Bertz CT molecular complexity index is 568. The predicted molar refractivity (Wildman–Crippen MR) is 63.2 cm³/mol. The number of amides is 1. The second kappa shape index (κ2) is 3.76. The standard InChI is InChI=1S/C10H13N5OS/c1-5(2)11-8(16)9-14-15-7(6-3-4-6)12-13-10(15)17-9/h5-6H,3-4H2,1-2H3,(H,11,16). The summed E-state index contributed by atoms with van der Waals surface area (Å²) in [5.74, 6) is 1.23. The summed E-state index contributed by atoms with van der Waals surface area (Å²) in [6, 6.07) is 0.111. The van der Waals surface area contributed by atoms with Gasteiger partial charge in [-0.15, -0.1) is 15.3 Å². The van der Waals surface area contributed by atoms with Gasteiger partial charge in [0, 0.05) is 12.0 Å². The highest BCUT2D eigenvalue weighted by atomic mass is 32.1. The molecule has 1 saturated carbocycles. The van der Waals surface area contributed by atoms with Crippen molar-refractivity contribution >= 4 is 22.2 Å². The molecule has 2 aromatic rings. The molecule has 0 unspecified atom stereocenters. The number of carbonyl (C=O) groups is 1. The van der Waals surface area contributed by atoms with Gasteiger partial charge in [0.1, 0.15) is 0 Å². The molecule has 1 N–H and O–H groups in total. The van der Waals surface area contributed by atoms with Gasteiger partial charge >= 0.3 is 0 Å². The van der Waals surface area contributed by atoms with Crippen LogP contribution in [0.2, 0.25) is 0 Å². The van der Waals surface area contributed by atoms with Crippen molar-refractivity contribution < 1.29 is 4.79 Å². The number of fused-ring (bicyclic) bond motifs is 1. The summed E-state index contributed by atoms with van der Waals surface area (Å²) in [5.41, 5.74) is 0. The van der Waals surface area contributed by atoms with Gasteiger partial charge in [-0.3, -0.25) is 4.79 Å². The number of aromatic nitrogens is 4. The molecule has 0 aliphatic heterocycles. The van der Waals surface area contributed by atoms with E-state index < -0.39 is 0 Å². The molecule has 90 valence electrons. The third-order valence-corrected chi connectivity index (χ3v) is 3.47. The fraction of sp³-hybridized carbons (Fsp3) is 0.600. The summed E-state index contributed by atoms with van der Waals surface area (Å²) in [5, 5.41) is 15.7. The van der Waals surface area contributed by atoms with Gasteiger partial charge in [0.25, 0.3) is 5.91 Å². The highest BCUT2D eigenvalue weighted by molar-refractivity contribution is 7.18. The monoisotopic (exact) mass is 251 g/mol. The van der Waals surface area contributed by atoms with E-state index >= 15 is 0 Å². The van der Waals surface area contributed by atoms with E-state index in [1.54, 1.807) is 4.52 Å². The van der Waals surface area contributed by atoms with Crippen molar-refractivity contribution in [3.05, 3.63) is 10.8 Å². The quantitative estimate of drug-likeness (QED) is 0.889. The average Bonchev–Trinajstić information content (AvgIpc) is 2.88. The van der Waals surface area contributed by atoms with Crippen molar-refractivity contribution in [1.29, 1.82) is 0 Å². The molecular formula is C10H13N5OS. The van der Waals surface area contributed by atoms with Crippen LogP contribution in [0, 0.1) is 0 Å². The van der Waals surface area contributed by atoms with Crippen LogP contribution in [0.4, 0.5) is 0 Å². The van der Waals surface area contributed by atoms with Crippen LogP contribution in [-0.2, 0) is 0 Å². The Balaban J connectivity index is 1.93. The van der Waals surface area contributed by atoms with Crippen LogP contribution in [0.5, 0.6) is 0 Å². The molecule has 7 heteroatoms. The van der Waals surface area contributed by atoms with Crippen LogP contribution < -0.4 is 5.32 Å². The number of nitrogens with zero attached hydrogens (tertiary/aromatic N) is 4. The molecule has 17 heavy (non-hydrogen) atoms. The molecule has 0 aromatic carbocycles. The summed E-state index contributed by atoms with van der Waals surface area (Å²) >= 11 is 1.28. The molecule has 6 nitrogen and oxygen atoms in total. The highest BCUT2D eigenvalue weighted by Gasteiger charge is 2.30. The first kappa shape index (κ1) is 10.6. The maximum absolute atomic E-state index is 11.8. The molecule has 1 aliphatic carbocycles. The minimum absolute atomic E-state index is 0.111. The first-order chi connectivity index (χ1) is 8.15. The van der Waals surface area contributed by atoms with E-state index in [1.807, 2.05) is 13.8 Å². The van der Waals surface area contributed by atoms with Crippen molar-refractivity contribution in [2.24, 2.45) is 0 Å². The molecule has 0 bridgehead atoms. The Labute approximate surface area is 102 Å². The SMILES string of the molecule is CC(C)NC(=O)c1nn2c(C3CC3)nnc2s1. The molecule has 0 spiro atoms. The first-order valence-electron chi connectivity index (χ1n) is 5.68. The van der Waals surface area contributed by atoms with Crippen LogP contribution >= 0.6 is 11.3 Å². The minimum Gasteiger partial charge on any atom is -0.348 e. The zero-order valence-electron chi connectivity index (χ0n) is 9.67. The lowest BCUT2D eigenvalue weighted by molar-refractivity contribution is 0.0941. The topological polar surface area (TPSA) is 72.2 Å². The Hall–Kier alpha value is -1.50. The van der Waals surface area contributed by atoms with Gasteiger partial charge in [0.05, 0.1) is 0 Å². The summed E-state index contributed by atoms with van der Waals surface area (Å²) in [6.07, 6.45) is 2.29. The first-order valence-corrected chi connectivity index (χ1v) is 6.50. The zero-order chi connectivity index (χ0) is 12.0. The van der Waals surface area contributed by atoms with Gasteiger partial charge in [-0.25, -0.2) is 0 Å². The molecule has 3 rings (SSSR count). The van der Waals surface area contributed by atoms with Crippen molar-refractivity contribution in [2.45, 2.75) is 38.6 Å². The molecule has 0 saturated heterocycles. The van der Waals surface area contributed by atoms with E-state index in [0.717, 1.165) is 18.7 Å². The normalized spacial score (nSPS) is 15.7. The molecule has 2 heterocycles. The summed E-state index contributed by atoms with van der Waals surface area (Å²) in [7, 11) is 0. The fourth-order valence-electron chi connectivity index (χ4n) is 1.64. The molecule has 0 radical (unpaired) electrons. The van der Waals surface area contributed by atoms with Gasteiger partial charge in [-0.05, 0) is 26.7 Å². The second-order valence-electron chi connectivity index (χ2n) is 4.56. The minimum atomic E-state index is -0.141. The number of hydrogen-bond donors (Lipinski definition) is 1. The molecular weight excluding hydrogens is 238 g/mol. The maximum atomic E-state index is 11.8. The Morgan fingerprint density at radius 3 is 2.88 bits per heavy atom. The smallest absolute Gasteiger partial charge is 0.282 e. The molecule has 1 fully saturated rings. The van der Waals surface area contributed by atoms with Crippen LogP contribution in [0.1, 0.15) is 48.2 Å². The lowest BCUT2D eigenvalue weighted by Gasteiger charge is -2.04.